The molecule has 12 heavy (non-hydrogen) atoms. The molecule has 0 aromatic heterocycles. The first-order valence-electron chi connectivity index (χ1n) is 3.34. The molecule has 0 spiro atoms. The molecule has 1 rings (SSSR count). The molecule has 0 saturated heterocycles. The smallest absolute Gasteiger partial charge is 0.269 e. The monoisotopic (exact) mass is 166 g/mol. The first kappa shape index (κ1) is 8.67. The molecular weight excluding hydrogens is 158 g/mol. The summed E-state index contributed by atoms with van der Waals surface area (Å²) in [5, 5.41) is 10.2. The molecule has 1 radical (unpaired) electrons. The topological polar surface area (TPSA) is 52.4 Å². The number of hydrogen-bond acceptors (Lipinski definition) is 3. The number of methoxy groups -OCH3 is 1. The first-order valence-corrected chi connectivity index (χ1v) is 3.34. The highest BCUT2D eigenvalue weighted by Crippen LogP contribution is 2.12. The maximum atomic E-state index is 10.2. The van der Waals surface area contributed by atoms with Crippen LogP contribution in [0.25, 0.3) is 0 Å². The molecule has 0 saturated carbocycles. The van der Waals surface area contributed by atoms with Gasteiger partial charge in [0, 0.05) is 19.2 Å². The van der Waals surface area contributed by atoms with Crippen molar-refractivity contribution in [1.29, 1.82) is 0 Å². The van der Waals surface area contributed by atoms with Crippen LogP contribution in [0.2, 0.25) is 0 Å². The summed E-state index contributed by atoms with van der Waals surface area (Å²) in [6.07, 6.45) is 0. The number of nitrogens with zero attached hydrogens (tertiary/aromatic N) is 1. The van der Waals surface area contributed by atoms with Gasteiger partial charge < -0.3 is 4.74 Å². The predicted octanol–water partition coefficient (Wildman–Crippen LogP) is 1.75. The van der Waals surface area contributed by atoms with E-state index in [4.69, 9.17) is 4.74 Å². The first-order chi connectivity index (χ1) is 5.74. The van der Waals surface area contributed by atoms with Gasteiger partial charge in [-0.2, -0.15) is 0 Å². The zero-order valence-corrected chi connectivity index (χ0v) is 6.56. The van der Waals surface area contributed by atoms with E-state index in [1.807, 2.05) is 0 Å². The highest BCUT2D eigenvalue weighted by atomic mass is 16.6. The second-order valence-corrected chi connectivity index (χ2v) is 2.20. The van der Waals surface area contributed by atoms with Crippen molar-refractivity contribution in [3.05, 3.63) is 46.6 Å². The number of non-ortho nitro benzene ring substituents is 1. The lowest BCUT2D eigenvalue weighted by atomic mass is 10.2. The Morgan fingerprint density at radius 2 is 2.00 bits per heavy atom. The van der Waals surface area contributed by atoms with E-state index >= 15 is 0 Å². The van der Waals surface area contributed by atoms with E-state index in [0.717, 1.165) is 5.56 Å². The molecule has 1 aromatic rings. The van der Waals surface area contributed by atoms with Crippen LogP contribution in [0.5, 0.6) is 0 Å². The van der Waals surface area contributed by atoms with Gasteiger partial charge in [-0.3, -0.25) is 10.1 Å². The van der Waals surface area contributed by atoms with Crippen molar-refractivity contribution >= 4 is 5.69 Å². The molecule has 0 atom stereocenters. The Morgan fingerprint density at radius 1 is 1.42 bits per heavy atom. The van der Waals surface area contributed by atoms with Crippen LogP contribution >= 0.6 is 0 Å². The molecular formula is C8H8NO3. The number of ether oxygens (including phenoxy) is 1. The van der Waals surface area contributed by atoms with Crippen LogP contribution in [0.1, 0.15) is 5.56 Å². The number of hydrogen-bond donors (Lipinski definition) is 0. The van der Waals surface area contributed by atoms with Crippen LogP contribution in [0, 0.1) is 16.7 Å². The van der Waals surface area contributed by atoms with Crippen LogP contribution in [-0.2, 0) is 4.74 Å². The lowest BCUT2D eigenvalue weighted by Gasteiger charge is -1.96. The summed E-state index contributed by atoms with van der Waals surface area (Å²) in [6.45, 7) is 1.52. The van der Waals surface area contributed by atoms with Gasteiger partial charge >= 0.3 is 0 Å². The Morgan fingerprint density at radius 3 is 2.42 bits per heavy atom. The summed E-state index contributed by atoms with van der Waals surface area (Å²) >= 11 is 0. The summed E-state index contributed by atoms with van der Waals surface area (Å²) in [5.41, 5.74) is 0.895. The fourth-order valence-corrected chi connectivity index (χ4v) is 0.811. The number of rotatable bonds is 3. The molecule has 0 fully saturated rings. The van der Waals surface area contributed by atoms with Crippen LogP contribution in [0.4, 0.5) is 5.69 Å². The van der Waals surface area contributed by atoms with Gasteiger partial charge in [0.25, 0.3) is 5.69 Å². The van der Waals surface area contributed by atoms with Gasteiger partial charge in [-0.25, -0.2) is 0 Å². The third-order valence-corrected chi connectivity index (χ3v) is 1.36. The van der Waals surface area contributed by atoms with E-state index in [0.29, 0.717) is 0 Å². The second kappa shape index (κ2) is 3.82. The zero-order chi connectivity index (χ0) is 8.97. The molecule has 4 heteroatoms. The van der Waals surface area contributed by atoms with Crippen molar-refractivity contribution < 1.29 is 9.66 Å². The summed E-state index contributed by atoms with van der Waals surface area (Å²) in [5.74, 6) is 0. The summed E-state index contributed by atoms with van der Waals surface area (Å²) in [6, 6.07) is 6.12. The average molecular weight is 166 g/mol. The lowest BCUT2D eigenvalue weighted by molar-refractivity contribution is -0.384. The molecule has 0 aliphatic heterocycles. The molecule has 0 amide bonds. The molecule has 0 bridgehead atoms. The van der Waals surface area contributed by atoms with E-state index in [1.165, 1.54) is 25.8 Å². The highest BCUT2D eigenvalue weighted by molar-refractivity contribution is 5.34. The molecule has 0 N–H and O–H groups in total. The molecule has 1 aromatic carbocycles. The fraction of sp³-hybridized carbons (Fsp3) is 0.125. The normalized spacial score (nSPS) is 9.75. The lowest BCUT2D eigenvalue weighted by Crippen LogP contribution is -1.88. The Bertz CT molecular complexity index is 268. The van der Waals surface area contributed by atoms with Gasteiger partial charge in [-0.15, -0.1) is 0 Å². The van der Waals surface area contributed by atoms with Crippen molar-refractivity contribution in [2.45, 2.75) is 0 Å². The van der Waals surface area contributed by atoms with E-state index in [-0.39, 0.29) is 5.69 Å². The minimum Gasteiger partial charge on any atom is -0.374 e. The van der Waals surface area contributed by atoms with Gasteiger partial charge in [0.05, 0.1) is 4.92 Å². The second-order valence-electron chi connectivity index (χ2n) is 2.20. The molecule has 0 aliphatic rings. The van der Waals surface area contributed by atoms with Gasteiger partial charge in [0.1, 0.15) is 6.61 Å². The largest absolute Gasteiger partial charge is 0.374 e. The summed E-state index contributed by atoms with van der Waals surface area (Å²) in [7, 11) is 1.53. The Hall–Kier alpha value is -1.42. The number of nitro groups is 1. The van der Waals surface area contributed by atoms with Gasteiger partial charge in [-0.05, 0) is 17.7 Å². The Balaban J connectivity index is 2.78. The SMILES string of the molecule is CO[CH]c1ccc([N+](=O)[O-])cc1. The van der Waals surface area contributed by atoms with Crippen molar-refractivity contribution in [3.8, 4) is 0 Å². The maximum absolute atomic E-state index is 10.2. The molecule has 0 unspecified atom stereocenters. The van der Waals surface area contributed by atoms with Crippen molar-refractivity contribution in [1.82, 2.24) is 0 Å². The fourth-order valence-electron chi connectivity index (χ4n) is 0.811. The Labute approximate surface area is 69.9 Å². The van der Waals surface area contributed by atoms with Crippen LogP contribution in [-0.4, -0.2) is 12.0 Å². The molecule has 63 valence electrons. The van der Waals surface area contributed by atoms with Gasteiger partial charge in [-0.1, -0.05) is 0 Å². The molecule has 0 aliphatic carbocycles. The van der Waals surface area contributed by atoms with E-state index in [9.17, 15) is 10.1 Å². The van der Waals surface area contributed by atoms with E-state index in [2.05, 4.69) is 0 Å². The third-order valence-electron chi connectivity index (χ3n) is 1.36. The minimum atomic E-state index is -0.434. The zero-order valence-electron chi connectivity index (χ0n) is 6.56. The maximum Gasteiger partial charge on any atom is 0.269 e. The predicted molar refractivity (Wildman–Crippen MR) is 43.5 cm³/mol. The highest BCUT2D eigenvalue weighted by Gasteiger charge is 2.02. The van der Waals surface area contributed by atoms with Crippen LogP contribution in [0.3, 0.4) is 0 Å². The van der Waals surface area contributed by atoms with Crippen LogP contribution in [0.15, 0.2) is 24.3 Å². The molecule has 4 nitrogen and oxygen atoms in total. The standard InChI is InChI=1S/C8H8NO3/c1-12-6-7-2-4-8(5-3-7)9(10)11/h2-6H,1H3. The van der Waals surface area contributed by atoms with Crippen molar-refractivity contribution in [2.24, 2.45) is 0 Å². The summed E-state index contributed by atoms with van der Waals surface area (Å²) in [4.78, 5) is 9.80. The summed E-state index contributed by atoms with van der Waals surface area (Å²) < 4.78 is 4.73. The van der Waals surface area contributed by atoms with Crippen molar-refractivity contribution in [3.63, 3.8) is 0 Å². The number of nitro benzene ring substituents is 1. The third kappa shape index (κ3) is 2.03. The van der Waals surface area contributed by atoms with E-state index in [1.54, 1.807) is 12.1 Å². The van der Waals surface area contributed by atoms with Crippen molar-refractivity contribution in [2.75, 3.05) is 7.11 Å². The molecule has 0 heterocycles. The number of benzene rings is 1. The van der Waals surface area contributed by atoms with Gasteiger partial charge in [0.2, 0.25) is 0 Å². The van der Waals surface area contributed by atoms with Crippen LogP contribution < -0.4 is 0 Å². The van der Waals surface area contributed by atoms with Gasteiger partial charge in [0.15, 0.2) is 0 Å². The average Bonchev–Trinajstić information content (AvgIpc) is 2.06. The van der Waals surface area contributed by atoms with E-state index < -0.39 is 4.92 Å². The Kier molecular flexibility index (Phi) is 2.76. The quantitative estimate of drug-likeness (QED) is 0.507. The minimum absolute atomic E-state index is 0.0863.